The lowest BCUT2D eigenvalue weighted by Crippen LogP contribution is -2.43. The zero-order chi connectivity index (χ0) is 10.1. The first-order valence-corrected chi connectivity index (χ1v) is 5.02. The van der Waals surface area contributed by atoms with Crippen molar-refractivity contribution >= 4 is 5.84 Å². The summed E-state index contributed by atoms with van der Waals surface area (Å²) in [7, 11) is 0. The maximum Gasteiger partial charge on any atom is 0.0947 e. The van der Waals surface area contributed by atoms with Crippen LogP contribution < -0.4 is 5.73 Å². The van der Waals surface area contributed by atoms with Crippen molar-refractivity contribution < 1.29 is 0 Å². The van der Waals surface area contributed by atoms with Gasteiger partial charge in [0.25, 0.3) is 0 Å². The zero-order valence-electron chi connectivity index (χ0n) is 8.93. The standard InChI is InChI=1S/C10H21N3/c1-8(9(11)12)7-13-6-4-5-10(13,2)3/h8H,4-7H2,1-3H3,(H3,11,12). The second kappa shape index (κ2) is 3.66. The summed E-state index contributed by atoms with van der Waals surface area (Å²) in [6.45, 7) is 8.66. The van der Waals surface area contributed by atoms with Crippen LogP contribution in [0.25, 0.3) is 0 Å². The molecule has 0 radical (unpaired) electrons. The van der Waals surface area contributed by atoms with Crippen molar-refractivity contribution in [3.8, 4) is 0 Å². The first-order valence-electron chi connectivity index (χ1n) is 5.02. The fourth-order valence-corrected chi connectivity index (χ4v) is 1.93. The molecule has 1 atom stereocenters. The Morgan fingerprint density at radius 3 is 2.62 bits per heavy atom. The quantitative estimate of drug-likeness (QED) is 0.514. The molecule has 1 saturated heterocycles. The van der Waals surface area contributed by atoms with E-state index < -0.39 is 0 Å². The van der Waals surface area contributed by atoms with Crippen molar-refractivity contribution in [2.45, 2.75) is 39.2 Å². The number of nitrogens with zero attached hydrogens (tertiary/aromatic N) is 1. The first kappa shape index (κ1) is 10.5. The van der Waals surface area contributed by atoms with E-state index in [2.05, 4.69) is 18.7 Å². The maximum atomic E-state index is 7.34. The summed E-state index contributed by atoms with van der Waals surface area (Å²) in [4.78, 5) is 2.44. The van der Waals surface area contributed by atoms with Gasteiger partial charge in [-0.15, -0.1) is 0 Å². The van der Waals surface area contributed by atoms with Gasteiger partial charge in [0.15, 0.2) is 0 Å². The van der Waals surface area contributed by atoms with Crippen molar-refractivity contribution in [2.24, 2.45) is 11.7 Å². The third-order valence-corrected chi connectivity index (χ3v) is 3.10. The van der Waals surface area contributed by atoms with Crippen molar-refractivity contribution in [1.29, 1.82) is 5.41 Å². The van der Waals surface area contributed by atoms with E-state index in [4.69, 9.17) is 11.1 Å². The molecule has 0 aromatic carbocycles. The van der Waals surface area contributed by atoms with Crippen LogP contribution in [-0.4, -0.2) is 29.4 Å². The van der Waals surface area contributed by atoms with Gasteiger partial charge in [-0.05, 0) is 33.2 Å². The van der Waals surface area contributed by atoms with Crippen LogP contribution in [0.4, 0.5) is 0 Å². The van der Waals surface area contributed by atoms with E-state index in [1.54, 1.807) is 0 Å². The van der Waals surface area contributed by atoms with Gasteiger partial charge >= 0.3 is 0 Å². The molecule has 3 heteroatoms. The van der Waals surface area contributed by atoms with Gasteiger partial charge in [0.2, 0.25) is 0 Å². The zero-order valence-corrected chi connectivity index (χ0v) is 8.93. The lowest BCUT2D eigenvalue weighted by Gasteiger charge is -2.33. The summed E-state index contributed by atoms with van der Waals surface area (Å²) in [6, 6.07) is 0. The highest BCUT2D eigenvalue weighted by molar-refractivity contribution is 5.79. The van der Waals surface area contributed by atoms with Crippen molar-refractivity contribution in [2.75, 3.05) is 13.1 Å². The third kappa shape index (κ3) is 2.44. The van der Waals surface area contributed by atoms with Gasteiger partial charge in [0.1, 0.15) is 0 Å². The lowest BCUT2D eigenvalue weighted by molar-refractivity contribution is 0.165. The van der Waals surface area contributed by atoms with Gasteiger partial charge < -0.3 is 5.73 Å². The monoisotopic (exact) mass is 183 g/mol. The molecule has 1 fully saturated rings. The van der Waals surface area contributed by atoms with Crippen LogP contribution in [-0.2, 0) is 0 Å². The number of nitrogens with two attached hydrogens (primary N) is 1. The Morgan fingerprint density at radius 2 is 2.23 bits per heavy atom. The van der Waals surface area contributed by atoms with Crippen LogP contribution in [0.15, 0.2) is 0 Å². The third-order valence-electron chi connectivity index (χ3n) is 3.10. The van der Waals surface area contributed by atoms with Gasteiger partial charge in [-0.2, -0.15) is 0 Å². The Kier molecular flexibility index (Phi) is 2.96. The predicted octanol–water partition coefficient (Wildman–Crippen LogP) is 1.43. The van der Waals surface area contributed by atoms with E-state index in [1.165, 1.54) is 12.8 Å². The van der Waals surface area contributed by atoms with Crippen LogP contribution in [0.2, 0.25) is 0 Å². The Bertz CT molecular complexity index is 198. The lowest BCUT2D eigenvalue weighted by atomic mass is 10.0. The van der Waals surface area contributed by atoms with E-state index >= 15 is 0 Å². The molecule has 0 saturated carbocycles. The van der Waals surface area contributed by atoms with E-state index in [0.29, 0.717) is 11.4 Å². The van der Waals surface area contributed by atoms with Crippen LogP contribution in [0.1, 0.15) is 33.6 Å². The Balaban J connectivity index is 2.49. The molecule has 1 rings (SSSR count). The summed E-state index contributed by atoms with van der Waals surface area (Å²) in [5.41, 5.74) is 5.77. The highest BCUT2D eigenvalue weighted by atomic mass is 15.2. The molecule has 1 aliphatic rings. The number of nitrogens with one attached hydrogen (secondary N) is 1. The molecule has 0 aromatic heterocycles. The molecule has 3 N–H and O–H groups in total. The molecule has 3 nitrogen and oxygen atoms in total. The molecule has 13 heavy (non-hydrogen) atoms. The SMILES string of the molecule is CC(CN1CCCC1(C)C)C(=N)N. The number of hydrogen-bond acceptors (Lipinski definition) is 2. The Hall–Kier alpha value is -0.570. The van der Waals surface area contributed by atoms with Crippen LogP contribution in [0, 0.1) is 11.3 Å². The summed E-state index contributed by atoms with van der Waals surface area (Å²) >= 11 is 0. The predicted molar refractivity (Wildman–Crippen MR) is 56.0 cm³/mol. The largest absolute Gasteiger partial charge is 0.387 e. The van der Waals surface area contributed by atoms with Gasteiger partial charge in [0, 0.05) is 18.0 Å². The van der Waals surface area contributed by atoms with Crippen molar-refractivity contribution in [3.05, 3.63) is 0 Å². The summed E-state index contributed by atoms with van der Waals surface area (Å²) < 4.78 is 0. The minimum Gasteiger partial charge on any atom is -0.387 e. The minimum atomic E-state index is 0.192. The van der Waals surface area contributed by atoms with E-state index in [-0.39, 0.29) is 5.92 Å². The van der Waals surface area contributed by atoms with Crippen LogP contribution in [0.5, 0.6) is 0 Å². The van der Waals surface area contributed by atoms with E-state index in [9.17, 15) is 0 Å². The normalized spacial score (nSPS) is 24.5. The average molecular weight is 183 g/mol. The molecule has 1 unspecified atom stereocenters. The molecule has 1 aliphatic heterocycles. The fraction of sp³-hybridized carbons (Fsp3) is 0.900. The topological polar surface area (TPSA) is 53.1 Å². The smallest absolute Gasteiger partial charge is 0.0947 e. The fourth-order valence-electron chi connectivity index (χ4n) is 1.93. The summed E-state index contributed by atoms with van der Waals surface area (Å²) in [6.07, 6.45) is 2.54. The van der Waals surface area contributed by atoms with Gasteiger partial charge in [-0.1, -0.05) is 6.92 Å². The number of amidine groups is 1. The van der Waals surface area contributed by atoms with Gasteiger partial charge in [0.05, 0.1) is 5.84 Å². The highest BCUT2D eigenvalue weighted by Crippen LogP contribution is 2.28. The number of hydrogen-bond donors (Lipinski definition) is 2. The number of rotatable bonds is 3. The van der Waals surface area contributed by atoms with Gasteiger partial charge in [-0.25, -0.2) is 0 Å². The molecular formula is C10H21N3. The van der Waals surface area contributed by atoms with Crippen molar-refractivity contribution in [3.63, 3.8) is 0 Å². The average Bonchev–Trinajstić information content (AvgIpc) is 2.30. The Labute approximate surface area is 80.8 Å². The van der Waals surface area contributed by atoms with Crippen LogP contribution in [0.3, 0.4) is 0 Å². The molecule has 1 heterocycles. The number of likely N-dealkylation sites (tertiary alicyclic amines) is 1. The second-order valence-corrected chi connectivity index (χ2v) is 4.72. The molecular weight excluding hydrogens is 162 g/mol. The van der Waals surface area contributed by atoms with Gasteiger partial charge in [-0.3, -0.25) is 10.3 Å². The summed E-state index contributed by atoms with van der Waals surface area (Å²) in [5, 5.41) is 7.34. The maximum absolute atomic E-state index is 7.34. The van der Waals surface area contributed by atoms with Crippen LogP contribution >= 0.6 is 0 Å². The second-order valence-electron chi connectivity index (χ2n) is 4.72. The molecule has 0 amide bonds. The van der Waals surface area contributed by atoms with E-state index in [1.807, 2.05) is 6.92 Å². The van der Waals surface area contributed by atoms with E-state index in [0.717, 1.165) is 13.1 Å². The molecule has 76 valence electrons. The highest BCUT2D eigenvalue weighted by Gasteiger charge is 2.32. The molecule has 0 bridgehead atoms. The molecule has 0 spiro atoms. The Morgan fingerprint density at radius 1 is 1.62 bits per heavy atom. The summed E-state index contributed by atoms with van der Waals surface area (Å²) in [5.74, 6) is 0.500. The first-order chi connectivity index (χ1) is 5.93. The molecule has 0 aliphatic carbocycles. The minimum absolute atomic E-state index is 0.192. The molecule has 0 aromatic rings. The van der Waals surface area contributed by atoms with Crippen molar-refractivity contribution in [1.82, 2.24) is 4.90 Å².